The molecule has 0 aliphatic carbocycles. The van der Waals surface area contributed by atoms with Crippen LogP contribution in [-0.2, 0) is 6.54 Å². The predicted molar refractivity (Wildman–Crippen MR) is 87.9 cm³/mol. The first-order valence-corrected chi connectivity index (χ1v) is 7.99. The fraction of sp³-hybridized carbons (Fsp3) is 0.0625. The second-order valence-corrected chi connectivity index (χ2v) is 5.97. The Labute approximate surface area is 141 Å². The van der Waals surface area contributed by atoms with E-state index in [1.54, 1.807) is 6.20 Å². The van der Waals surface area contributed by atoms with Crippen LogP contribution in [0.1, 0.15) is 15.4 Å². The summed E-state index contributed by atoms with van der Waals surface area (Å²) in [6, 6.07) is 9.69. The number of nitrogens with zero attached hydrogens (tertiary/aromatic N) is 2. The van der Waals surface area contributed by atoms with Gasteiger partial charge < -0.3 is 5.32 Å². The molecule has 0 saturated carbocycles. The molecule has 0 aliphatic heterocycles. The normalized spacial score (nSPS) is 10.5. The van der Waals surface area contributed by atoms with Gasteiger partial charge in [0.25, 0.3) is 5.91 Å². The van der Waals surface area contributed by atoms with Gasteiger partial charge in [0, 0.05) is 11.6 Å². The summed E-state index contributed by atoms with van der Waals surface area (Å²) in [5, 5.41) is 5.27. The van der Waals surface area contributed by atoms with Crippen LogP contribution in [0.15, 0.2) is 48.0 Å². The largest absolute Gasteiger partial charge is 0.345 e. The summed E-state index contributed by atoms with van der Waals surface area (Å²) in [6.07, 6.45) is 1.69. The third-order valence-corrected chi connectivity index (χ3v) is 4.23. The molecule has 0 atom stereocenters. The Balaban J connectivity index is 1.70. The molecular formula is C16H11ClFN3OS. The lowest BCUT2D eigenvalue weighted by Gasteiger charge is -2.06. The van der Waals surface area contributed by atoms with Gasteiger partial charge in [-0.2, -0.15) is 0 Å². The van der Waals surface area contributed by atoms with Gasteiger partial charge in [-0.1, -0.05) is 23.7 Å². The molecular weight excluding hydrogens is 337 g/mol. The van der Waals surface area contributed by atoms with Crippen molar-refractivity contribution in [2.75, 3.05) is 0 Å². The van der Waals surface area contributed by atoms with E-state index in [-0.39, 0.29) is 17.1 Å². The molecule has 2 aromatic heterocycles. The summed E-state index contributed by atoms with van der Waals surface area (Å²) >= 11 is 7.27. The highest BCUT2D eigenvalue weighted by atomic mass is 35.5. The van der Waals surface area contributed by atoms with Crippen molar-refractivity contribution >= 4 is 28.8 Å². The van der Waals surface area contributed by atoms with Gasteiger partial charge in [-0.15, -0.1) is 11.3 Å². The zero-order valence-corrected chi connectivity index (χ0v) is 13.4. The third-order valence-electron chi connectivity index (χ3n) is 3.07. The van der Waals surface area contributed by atoms with E-state index in [1.807, 2.05) is 23.6 Å². The van der Waals surface area contributed by atoms with Crippen molar-refractivity contribution in [2.24, 2.45) is 0 Å². The molecule has 0 fully saturated rings. The van der Waals surface area contributed by atoms with Gasteiger partial charge in [0.15, 0.2) is 0 Å². The van der Waals surface area contributed by atoms with E-state index in [2.05, 4.69) is 15.3 Å². The molecule has 3 aromatic rings. The summed E-state index contributed by atoms with van der Waals surface area (Å²) in [5.74, 6) is -1.22. The maximum absolute atomic E-state index is 13.7. The van der Waals surface area contributed by atoms with Gasteiger partial charge in [-0.05, 0) is 24.3 Å². The lowest BCUT2D eigenvalue weighted by atomic mass is 10.2. The highest BCUT2D eigenvalue weighted by Gasteiger charge is 2.16. The average Bonchev–Trinajstić information content (AvgIpc) is 3.02. The number of aromatic nitrogens is 2. The smallest absolute Gasteiger partial charge is 0.256 e. The number of benzene rings is 1. The first-order chi connectivity index (χ1) is 11.1. The van der Waals surface area contributed by atoms with Crippen molar-refractivity contribution in [3.63, 3.8) is 0 Å². The number of pyridine rings is 1. The molecule has 2 heterocycles. The molecule has 23 heavy (non-hydrogen) atoms. The van der Waals surface area contributed by atoms with Crippen molar-refractivity contribution < 1.29 is 9.18 Å². The summed E-state index contributed by atoms with van der Waals surface area (Å²) < 4.78 is 13.7. The predicted octanol–water partition coefficient (Wildman–Crippen LogP) is 3.93. The van der Waals surface area contributed by atoms with Gasteiger partial charge in [-0.3, -0.25) is 9.78 Å². The molecule has 0 radical (unpaired) electrons. The van der Waals surface area contributed by atoms with Crippen LogP contribution in [0.25, 0.3) is 11.4 Å². The average molecular weight is 348 g/mol. The summed E-state index contributed by atoms with van der Waals surface area (Å²) in [7, 11) is 0. The Morgan fingerprint density at radius 1 is 1.22 bits per heavy atom. The zero-order chi connectivity index (χ0) is 16.2. The summed E-state index contributed by atoms with van der Waals surface area (Å²) in [5.41, 5.74) is 1.35. The quantitative estimate of drug-likeness (QED) is 0.778. The van der Waals surface area contributed by atoms with Crippen LogP contribution >= 0.6 is 22.9 Å². The minimum atomic E-state index is -0.650. The SMILES string of the molecule is O=C(NCc1nc(-c2ccccn2)cs1)c1c(F)cccc1Cl. The molecule has 0 saturated heterocycles. The van der Waals surface area contributed by atoms with Crippen molar-refractivity contribution in [3.8, 4) is 11.4 Å². The Morgan fingerprint density at radius 3 is 2.83 bits per heavy atom. The topological polar surface area (TPSA) is 54.9 Å². The van der Waals surface area contributed by atoms with Gasteiger partial charge in [-0.25, -0.2) is 9.37 Å². The molecule has 7 heteroatoms. The fourth-order valence-electron chi connectivity index (χ4n) is 1.98. The molecule has 116 valence electrons. The number of halogens is 2. The van der Waals surface area contributed by atoms with Crippen LogP contribution in [0.4, 0.5) is 4.39 Å². The van der Waals surface area contributed by atoms with Crippen LogP contribution in [0, 0.1) is 5.82 Å². The van der Waals surface area contributed by atoms with E-state index in [0.717, 1.165) is 11.4 Å². The van der Waals surface area contributed by atoms with E-state index >= 15 is 0 Å². The second kappa shape index (κ2) is 6.85. The van der Waals surface area contributed by atoms with Gasteiger partial charge in [0.2, 0.25) is 0 Å². The molecule has 1 amide bonds. The molecule has 1 aromatic carbocycles. The first-order valence-electron chi connectivity index (χ1n) is 6.73. The van der Waals surface area contributed by atoms with E-state index in [4.69, 9.17) is 11.6 Å². The van der Waals surface area contributed by atoms with Crippen molar-refractivity contribution in [1.29, 1.82) is 0 Å². The Kier molecular flexibility index (Phi) is 4.64. The third kappa shape index (κ3) is 3.55. The van der Waals surface area contributed by atoms with Gasteiger partial charge in [0.1, 0.15) is 10.8 Å². The first kappa shape index (κ1) is 15.6. The molecule has 0 spiro atoms. The highest BCUT2D eigenvalue weighted by molar-refractivity contribution is 7.09. The maximum atomic E-state index is 13.7. The molecule has 4 nitrogen and oxygen atoms in total. The number of rotatable bonds is 4. The molecule has 0 bridgehead atoms. The number of thiazole rings is 1. The van der Waals surface area contributed by atoms with E-state index in [0.29, 0.717) is 5.01 Å². The number of nitrogens with one attached hydrogen (secondary N) is 1. The van der Waals surface area contributed by atoms with Crippen LogP contribution < -0.4 is 5.32 Å². The van der Waals surface area contributed by atoms with Crippen LogP contribution in [-0.4, -0.2) is 15.9 Å². The van der Waals surface area contributed by atoms with Gasteiger partial charge in [0.05, 0.1) is 28.5 Å². The molecule has 1 N–H and O–H groups in total. The van der Waals surface area contributed by atoms with E-state index < -0.39 is 11.7 Å². The zero-order valence-electron chi connectivity index (χ0n) is 11.8. The number of hydrogen-bond acceptors (Lipinski definition) is 4. The van der Waals surface area contributed by atoms with Crippen LogP contribution in [0.3, 0.4) is 0 Å². The van der Waals surface area contributed by atoms with E-state index in [9.17, 15) is 9.18 Å². The molecule has 3 rings (SSSR count). The lowest BCUT2D eigenvalue weighted by Crippen LogP contribution is -2.24. The van der Waals surface area contributed by atoms with Crippen molar-refractivity contribution in [2.45, 2.75) is 6.54 Å². The Hall–Kier alpha value is -2.31. The number of carbonyl (C=O) groups is 1. The Morgan fingerprint density at radius 2 is 2.09 bits per heavy atom. The van der Waals surface area contributed by atoms with Gasteiger partial charge >= 0.3 is 0 Å². The highest BCUT2D eigenvalue weighted by Crippen LogP contribution is 2.21. The number of hydrogen-bond donors (Lipinski definition) is 1. The van der Waals surface area contributed by atoms with Crippen LogP contribution in [0.5, 0.6) is 0 Å². The molecule has 0 unspecified atom stereocenters. The standard InChI is InChI=1S/C16H11ClFN3OS/c17-10-4-3-5-11(18)15(10)16(22)20-8-14-21-13(9-23-14)12-6-1-2-7-19-12/h1-7,9H,8H2,(H,20,22). The minimum Gasteiger partial charge on any atom is -0.345 e. The summed E-state index contributed by atoms with van der Waals surface area (Å²) in [4.78, 5) is 20.7. The number of amides is 1. The van der Waals surface area contributed by atoms with E-state index in [1.165, 1.54) is 29.5 Å². The Bertz CT molecular complexity index is 818. The fourth-order valence-corrected chi connectivity index (χ4v) is 2.96. The number of carbonyl (C=O) groups excluding carboxylic acids is 1. The van der Waals surface area contributed by atoms with Crippen molar-refractivity contribution in [1.82, 2.24) is 15.3 Å². The monoisotopic (exact) mass is 347 g/mol. The lowest BCUT2D eigenvalue weighted by molar-refractivity contribution is 0.0947. The minimum absolute atomic E-state index is 0.0795. The molecule has 0 aliphatic rings. The maximum Gasteiger partial charge on any atom is 0.256 e. The van der Waals surface area contributed by atoms with Crippen LogP contribution in [0.2, 0.25) is 5.02 Å². The van der Waals surface area contributed by atoms with Crippen molar-refractivity contribution in [3.05, 3.63) is 69.4 Å². The summed E-state index contributed by atoms with van der Waals surface area (Å²) in [6.45, 7) is 0.195. The second-order valence-electron chi connectivity index (χ2n) is 4.62.